The number of hydrogen-bond acceptors (Lipinski definition) is 13. The molecule has 4 aromatic carbocycles. The lowest BCUT2D eigenvalue weighted by atomic mass is 9.90. The van der Waals surface area contributed by atoms with Crippen molar-refractivity contribution in [3.63, 3.8) is 0 Å². The highest BCUT2D eigenvalue weighted by molar-refractivity contribution is 6.00. The Balaban J connectivity index is 1.23. The van der Waals surface area contributed by atoms with Gasteiger partial charge < -0.3 is 44.2 Å². The highest BCUT2D eigenvalue weighted by Gasteiger charge is 2.34. The van der Waals surface area contributed by atoms with Gasteiger partial charge in [-0.1, -0.05) is 99.8 Å². The van der Waals surface area contributed by atoms with E-state index in [-0.39, 0.29) is 67.9 Å². The number of rotatable bonds is 27. The first kappa shape index (κ1) is 52.9. The topological polar surface area (TPSA) is 218 Å². The van der Waals surface area contributed by atoms with Crippen LogP contribution in [0.3, 0.4) is 0 Å². The fourth-order valence-corrected chi connectivity index (χ4v) is 7.26. The summed E-state index contributed by atoms with van der Waals surface area (Å²) in [6.45, 7) is 5.08. The lowest BCUT2D eigenvalue weighted by Gasteiger charge is -2.31. The molecule has 0 radical (unpaired) electrons. The molecule has 70 heavy (non-hydrogen) atoms. The molecule has 3 atom stereocenters. The maximum absolute atomic E-state index is 14.7. The number of hydrogen-bond donors (Lipinski definition) is 3. The quantitative estimate of drug-likeness (QED) is 0.0153. The van der Waals surface area contributed by atoms with E-state index in [9.17, 15) is 38.0 Å². The molecule has 1 aromatic heterocycles. The molecule has 0 spiro atoms. The van der Waals surface area contributed by atoms with Gasteiger partial charge in [-0.05, 0) is 67.3 Å². The molecule has 0 fully saturated rings. The third kappa shape index (κ3) is 15.2. The van der Waals surface area contributed by atoms with Crippen molar-refractivity contribution in [1.82, 2.24) is 21.0 Å². The van der Waals surface area contributed by atoms with Crippen molar-refractivity contribution in [3.05, 3.63) is 143 Å². The lowest BCUT2D eigenvalue weighted by molar-refractivity contribution is -0.171. The molecule has 0 aliphatic heterocycles. The average molecular weight is 965 g/mol. The van der Waals surface area contributed by atoms with Crippen LogP contribution in [0.25, 0.3) is 11.3 Å². The van der Waals surface area contributed by atoms with Gasteiger partial charge in [0.15, 0.2) is 5.76 Å². The molecule has 0 aliphatic rings. The van der Waals surface area contributed by atoms with E-state index in [4.69, 9.17) is 28.2 Å². The SMILES string of the molecule is CCCCCC(C(=O)NCNC(=O)c1ccc(-c2ccc(C(=O)NC(CC(=O)OCc3ccccc3)C(=O)OCc3ccccc3)c(OCC)c2)o1)[C@@H](CC)N(C=O)OC(=O)c1ccc(OC)cc1F. The number of benzene rings is 4. The number of unbranched alkanes of at least 4 members (excludes halogenated alkanes) is 2. The number of carbonyl (C=O) groups is 7. The number of nitrogens with one attached hydrogen (secondary N) is 3. The van der Waals surface area contributed by atoms with E-state index in [0.717, 1.165) is 35.6 Å². The molecule has 3 N–H and O–H groups in total. The van der Waals surface area contributed by atoms with Crippen LogP contribution in [-0.4, -0.2) is 79.6 Å². The van der Waals surface area contributed by atoms with Crippen LogP contribution < -0.4 is 25.4 Å². The van der Waals surface area contributed by atoms with Crippen LogP contribution in [0.5, 0.6) is 11.5 Å². The molecule has 1 heterocycles. The Kier molecular flexibility index (Phi) is 20.5. The standard InChI is InChI=1S/C52H57FN4O13/c1-5-8-11-20-39(43(6-2)57(33-58)70-51(63)38-24-22-37(65-4)28-41(38)53)48(60)54-32-55-50(62)45-26-25-44(69-45)36-21-23-40(46(27-36)66-7-3)49(61)56-42(52(64)68-31-35-18-14-10-15-19-35)29-47(59)67-30-34-16-12-9-13-17-34/h9-10,12-19,21-28,33,39,42-43H,5-8,11,20,29-32H2,1-4H3,(H,54,60)(H,55,62)(H,56,61)/t39?,42?,43-/m1/s1. The van der Waals surface area contributed by atoms with Gasteiger partial charge in [0.1, 0.15) is 42.3 Å². The smallest absolute Gasteiger partial charge is 0.366 e. The number of halogens is 1. The van der Waals surface area contributed by atoms with Crippen molar-refractivity contribution in [1.29, 1.82) is 0 Å². The minimum atomic E-state index is -1.42. The number of esters is 2. The van der Waals surface area contributed by atoms with Gasteiger partial charge in [0.2, 0.25) is 12.3 Å². The highest BCUT2D eigenvalue weighted by Crippen LogP contribution is 2.30. The molecular weight excluding hydrogens is 908 g/mol. The third-order valence-corrected chi connectivity index (χ3v) is 10.9. The number of amides is 4. The monoisotopic (exact) mass is 964 g/mol. The summed E-state index contributed by atoms with van der Waals surface area (Å²) in [4.78, 5) is 97.6. The molecule has 0 saturated heterocycles. The van der Waals surface area contributed by atoms with Crippen molar-refractivity contribution in [2.75, 3.05) is 20.4 Å². The second-order valence-corrected chi connectivity index (χ2v) is 15.8. The van der Waals surface area contributed by atoms with Gasteiger partial charge in [-0.3, -0.25) is 24.0 Å². The maximum atomic E-state index is 14.7. The number of ether oxygens (including phenoxy) is 4. The Labute approximate surface area is 404 Å². The second-order valence-electron chi connectivity index (χ2n) is 15.8. The van der Waals surface area contributed by atoms with Crippen LogP contribution in [-0.2, 0) is 46.7 Å². The maximum Gasteiger partial charge on any atom is 0.366 e. The molecular formula is C52H57FN4O13. The molecule has 5 rings (SSSR count). The minimum absolute atomic E-state index is 0.0308. The summed E-state index contributed by atoms with van der Waals surface area (Å²) in [5.74, 6) is -6.09. The van der Waals surface area contributed by atoms with Crippen LogP contribution in [0.2, 0.25) is 0 Å². The van der Waals surface area contributed by atoms with E-state index in [2.05, 4.69) is 16.0 Å². The van der Waals surface area contributed by atoms with E-state index < -0.39 is 71.4 Å². The van der Waals surface area contributed by atoms with Crippen LogP contribution in [0.15, 0.2) is 114 Å². The van der Waals surface area contributed by atoms with Crippen molar-refractivity contribution in [2.45, 2.75) is 84.6 Å². The lowest BCUT2D eigenvalue weighted by Crippen LogP contribution is -2.49. The zero-order chi connectivity index (χ0) is 50.4. The normalized spacial score (nSPS) is 12.0. The van der Waals surface area contributed by atoms with E-state index in [1.54, 1.807) is 68.4 Å². The van der Waals surface area contributed by atoms with E-state index in [1.165, 1.54) is 37.4 Å². The molecule has 4 amide bonds. The Morgan fingerprint density at radius 2 is 1.46 bits per heavy atom. The van der Waals surface area contributed by atoms with Crippen LogP contribution in [0.4, 0.5) is 4.39 Å². The van der Waals surface area contributed by atoms with E-state index in [1.807, 2.05) is 19.1 Å². The summed E-state index contributed by atoms with van der Waals surface area (Å²) in [7, 11) is 1.34. The minimum Gasteiger partial charge on any atom is -0.497 e. The van der Waals surface area contributed by atoms with Crippen molar-refractivity contribution >= 4 is 42.0 Å². The third-order valence-electron chi connectivity index (χ3n) is 10.9. The van der Waals surface area contributed by atoms with Gasteiger partial charge in [0.05, 0.1) is 49.9 Å². The van der Waals surface area contributed by atoms with Gasteiger partial charge >= 0.3 is 17.9 Å². The predicted molar refractivity (Wildman–Crippen MR) is 252 cm³/mol. The highest BCUT2D eigenvalue weighted by atomic mass is 19.1. The molecule has 2 unspecified atom stereocenters. The summed E-state index contributed by atoms with van der Waals surface area (Å²) in [6, 6.07) is 26.5. The fraction of sp³-hybridized carbons (Fsp3) is 0.327. The molecule has 0 saturated carbocycles. The molecule has 17 nitrogen and oxygen atoms in total. The zero-order valence-electron chi connectivity index (χ0n) is 39.4. The number of hydroxylamine groups is 2. The first-order valence-corrected chi connectivity index (χ1v) is 22.8. The van der Waals surface area contributed by atoms with Crippen molar-refractivity contribution < 1.29 is 66.2 Å². The number of methoxy groups -OCH3 is 1. The summed E-state index contributed by atoms with van der Waals surface area (Å²) >= 11 is 0. The molecule has 0 aliphatic carbocycles. The molecule has 5 aromatic rings. The molecule has 18 heteroatoms. The summed E-state index contributed by atoms with van der Waals surface area (Å²) < 4.78 is 42.2. The van der Waals surface area contributed by atoms with Gasteiger partial charge in [0.25, 0.3) is 11.8 Å². The van der Waals surface area contributed by atoms with E-state index >= 15 is 0 Å². The Bertz CT molecular complexity index is 2550. The molecule has 0 bridgehead atoms. The largest absolute Gasteiger partial charge is 0.497 e. The van der Waals surface area contributed by atoms with Gasteiger partial charge in [-0.15, -0.1) is 0 Å². The van der Waals surface area contributed by atoms with Gasteiger partial charge in [-0.25, -0.2) is 14.0 Å². The predicted octanol–water partition coefficient (Wildman–Crippen LogP) is 7.48. The number of furan rings is 1. The Morgan fingerprint density at radius 3 is 2.09 bits per heavy atom. The Hall–Kier alpha value is -8.02. The van der Waals surface area contributed by atoms with Crippen molar-refractivity contribution in [3.8, 4) is 22.8 Å². The number of carbonyl (C=O) groups excluding carboxylic acids is 7. The first-order chi connectivity index (χ1) is 33.9. The van der Waals surface area contributed by atoms with Crippen molar-refractivity contribution in [2.24, 2.45) is 5.92 Å². The van der Waals surface area contributed by atoms with Crippen LogP contribution >= 0.6 is 0 Å². The molecule has 370 valence electrons. The average Bonchev–Trinajstić information content (AvgIpc) is 3.88. The van der Waals surface area contributed by atoms with Crippen LogP contribution in [0.1, 0.15) is 102 Å². The summed E-state index contributed by atoms with van der Waals surface area (Å²) in [6.07, 6.45) is 2.47. The Morgan fingerprint density at radius 1 is 0.771 bits per heavy atom. The zero-order valence-corrected chi connectivity index (χ0v) is 39.4. The second kappa shape index (κ2) is 27.1. The van der Waals surface area contributed by atoms with Gasteiger partial charge in [0, 0.05) is 11.6 Å². The first-order valence-electron chi connectivity index (χ1n) is 22.8. The van der Waals surface area contributed by atoms with Gasteiger partial charge in [-0.2, -0.15) is 5.06 Å². The van der Waals surface area contributed by atoms with Crippen LogP contribution in [0, 0.1) is 11.7 Å². The number of nitrogens with zero attached hydrogens (tertiary/aromatic N) is 1. The van der Waals surface area contributed by atoms with E-state index in [0.29, 0.717) is 24.0 Å². The summed E-state index contributed by atoms with van der Waals surface area (Å²) in [5, 5.41) is 8.57. The summed E-state index contributed by atoms with van der Waals surface area (Å²) in [5.41, 5.74) is 1.46. The fourth-order valence-electron chi connectivity index (χ4n) is 7.26.